The third-order valence-corrected chi connectivity index (χ3v) is 18.1. The van der Waals surface area contributed by atoms with Crippen molar-refractivity contribution in [2.75, 3.05) is 18.5 Å². The molecule has 6 heterocycles. The minimum Gasteiger partial charge on any atom is -0.480 e. The Labute approximate surface area is 409 Å². The zero-order valence-corrected chi connectivity index (χ0v) is 40.9. The van der Waals surface area contributed by atoms with Crippen molar-refractivity contribution in [2.24, 2.45) is 5.92 Å². The lowest BCUT2D eigenvalue weighted by atomic mass is 10.1. The largest absolute Gasteiger partial charge is 0.480 e. The number of benzene rings is 3. The highest BCUT2D eigenvalue weighted by atomic mass is 32.2. The summed E-state index contributed by atoms with van der Waals surface area (Å²) in [5, 5.41) is 9.21. The Bertz CT molecular complexity index is 2900. The summed E-state index contributed by atoms with van der Waals surface area (Å²) in [6.07, 6.45) is 5.60. The van der Waals surface area contributed by atoms with Crippen LogP contribution in [0.15, 0.2) is 124 Å². The highest BCUT2D eigenvalue weighted by Crippen LogP contribution is 2.42. The molecule has 0 saturated carbocycles. The van der Waals surface area contributed by atoms with Crippen molar-refractivity contribution >= 4 is 178 Å². The van der Waals surface area contributed by atoms with Gasteiger partial charge < -0.3 is 10.0 Å². The normalized spacial score (nSPS) is 18.5. The Morgan fingerprint density at radius 1 is 0.594 bits per heavy atom. The van der Waals surface area contributed by atoms with Gasteiger partial charge >= 0.3 is 5.97 Å². The number of allylic oxidation sites excluding steroid dienone is 1. The van der Waals surface area contributed by atoms with Crippen molar-refractivity contribution in [2.45, 2.75) is 6.92 Å². The summed E-state index contributed by atoms with van der Waals surface area (Å²) in [5.74, 6) is -1.77. The average Bonchev–Trinajstić information content (AvgIpc) is 4.17. The molecule has 3 aliphatic heterocycles. The summed E-state index contributed by atoms with van der Waals surface area (Å²) in [5.41, 5.74) is 5.99. The Hall–Kier alpha value is -4.82. The van der Waals surface area contributed by atoms with Crippen molar-refractivity contribution in [1.29, 1.82) is 0 Å². The maximum absolute atomic E-state index is 12.9. The summed E-state index contributed by atoms with van der Waals surface area (Å²) < 4.78 is 1.50. The highest BCUT2D eigenvalue weighted by Gasteiger charge is 2.34. The summed E-state index contributed by atoms with van der Waals surface area (Å²) in [7, 11) is 1.70. The van der Waals surface area contributed by atoms with E-state index in [-0.39, 0.29) is 21.9 Å². The van der Waals surface area contributed by atoms with Crippen LogP contribution in [0.3, 0.4) is 0 Å². The Morgan fingerprint density at radius 3 is 1.38 bits per heavy atom. The highest BCUT2D eigenvalue weighted by molar-refractivity contribution is 8.27. The SMILES string of the molecule is CC1C(=O)/C(=C\c2ccc(-c3ccc(N(c4ccc(-c5ccc(/C=C6\SC(=S)N(C)C6=O)s5)cc4)c4ccc(-c5ccc(/C=C6/SC(=S)N(CC(=O)O)C6=O)s5)cc4)cc3)s2)SC1=S. The number of anilines is 3. The van der Waals surface area contributed by atoms with E-state index in [1.807, 2.05) is 43.3 Å². The fourth-order valence-electron chi connectivity index (χ4n) is 6.90. The molecular formula is C47H31N3O5S9. The molecule has 3 saturated heterocycles. The second-order valence-electron chi connectivity index (χ2n) is 14.5. The van der Waals surface area contributed by atoms with Crippen molar-refractivity contribution in [3.05, 3.63) is 139 Å². The number of rotatable bonds is 11. The topological polar surface area (TPSA) is 98.2 Å². The lowest BCUT2D eigenvalue weighted by Crippen LogP contribution is -2.33. The molecule has 2 amide bonds. The molecule has 1 unspecified atom stereocenters. The monoisotopic (exact) mass is 1000 g/mol. The van der Waals surface area contributed by atoms with Gasteiger partial charge in [0.1, 0.15) is 15.2 Å². The second-order valence-corrected chi connectivity index (χ2v) is 23.0. The number of ketones is 1. The summed E-state index contributed by atoms with van der Waals surface area (Å²) >= 11 is 24.5. The molecule has 64 heavy (non-hydrogen) atoms. The van der Waals surface area contributed by atoms with Crippen LogP contribution in [0.4, 0.5) is 17.1 Å². The first-order chi connectivity index (χ1) is 30.8. The van der Waals surface area contributed by atoms with Crippen LogP contribution in [0.2, 0.25) is 0 Å². The van der Waals surface area contributed by atoms with Gasteiger partial charge in [-0.05, 0) is 115 Å². The number of hydrogen-bond acceptors (Lipinski definition) is 14. The van der Waals surface area contributed by atoms with Crippen LogP contribution in [-0.4, -0.2) is 64.9 Å². The summed E-state index contributed by atoms with van der Waals surface area (Å²) in [4.78, 5) is 61.9. The number of thiocarbonyl (C=S) groups is 3. The van der Waals surface area contributed by atoms with E-state index in [2.05, 4.69) is 89.8 Å². The fraction of sp³-hybridized carbons (Fsp3) is 0.0851. The molecule has 6 aromatic rings. The maximum atomic E-state index is 12.9. The van der Waals surface area contributed by atoms with Crippen molar-refractivity contribution in [3.8, 4) is 31.3 Å². The number of carboxylic acid groups (broad SMARTS) is 1. The van der Waals surface area contributed by atoms with Crippen LogP contribution in [0, 0.1) is 5.92 Å². The molecule has 3 aliphatic rings. The number of aliphatic carboxylic acids is 1. The van der Waals surface area contributed by atoms with E-state index in [1.165, 1.54) is 39.8 Å². The van der Waals surface area contributed by atoms with Gasteiger partial charge in [0.2, 0.25) is 0 Å². The van der Waals surface area contributed by atoms with Gasteiger partial charge in [0.15, 0.2) is 5.78 Å². The number of thiophene rings is 3. The molecule has 3 aromatic heterocycles. The first-order valence-electron chi connectivity index (χ1n) is 19.4. The van der Waals surface area contributed by atoms with Gasteiger partial charge in [-0.2, -0.15) is 0 Å². The van der Waals surface area contributed by atoms with E-state index in [0.717, 1.165) is 79.7 Å². The number of hydrogen-bond donors (Lipinski definition) is 1. The summed E-state index contributed by atoms with van der Waals surface area (Å²) in [6, 6.07) is 37.4. The van der Waals surface area contributed by atoms with E-state index in [4.69, 9.17) is 36.7 Å². The maximum Gasteiger partial charge on any atom is 0.323 e. The van der Waals surface area contributed by atoms with Crippen LogP contribution in [0.5, 0.6) is 0 Å². The van der Waals surface area contributed by atoms with E-state index in [9.17, 15) is 24.3 Å². The molecule has 1 atom stereocenters. The minimum atomic E-state index is -1.12. The second kappa shape index (κ2) is 18.6. The average molecular weight is 1010 g/mol. The summed E-state index contributed by atoms with van der Waals surface area (Å²) in [6.45, 7) is 1.40. The van der Waals surface area contributed by atoms with Crippen LogP contribution < -0.4 is 4.90 Å². The first-order valence-corrected chi connectivity index (χ1v) is 25.5. The number of carbonyl (C=O) groups excluding carboxylic acids is 3. The van der Waals surface area contributed by atoms with E-state index < -0.39 is 18.4 Å². The van der Waals surface area contributed by atoms with Crippen LogP contribution in [0.1, 0.15) is 21.6 Å². The molecule has 3 aromatic carbocycles. The van der Waals surface area contributed by atoms with Gasteiger partial charge in [0.25, 0.3) is 11.8 Å². The van der Waals surface area contributed by atoms with Gasteiger partial charge in [0, 0.05) is 53.4 Å². The Balaban J connectivity index is 0.992. The molecule has 0 aliphatic carbocycles. The molecule has 9 rings (SSSR count). The molecule has 0 bridgehead atoms. The number of nitrogens with zero attached hydrogens (tertiary/aromatic N) is 3. The molecule has 8 nitrogen and oxygen atoms in total. The van der Waals surface area contributed by atoms with Gasteiger partial charge in [-0.25, -0.2) is 0 Å². The van der Waals surface area contributed by atoms with Gasteiger partial charge in [-0.3, -0.25) is 29.0 Å². The van der Waals surface area contributed by atoms with Gasteiger partial charge in [-0.1, -0.05) is 108 Å². The van der Waals surface area contributed by atoms with Crippen LogP contribution in [-0.2, 0) is 19.2 Å². The number of thioether (sulfide) groups is 3. The Morgan fingerprint density at radius 2 is 1.00 bits per heavy atom. The van der Waals surface area contributed by atoms with Gasteiger partial charge in [0.05, 0.1) is 24.8 Å². The van der Waals surface area contributed by atoms with E-state index in [0.29, 0.717) is 23.2 Å². The van der Waals surface area contributed by atoms with E-state index in [1.54, 1.807) is 35.8 Å². The zero-order chi connectivity index (χ0) is 44.8. The smallest absolute Gasteiger partial charge is 0.323 e. The van der Waals surface area contributed by atoms with Crippen molar-refractivity contribution in [1.82, 2.24) is 9.80 Å². The molecule has 3 fully saturated rings. The van der Waals surface area contributed by atoms with Crippen molar-refractivity contribution < 1.29 is 24.3 Å². The minimum absolute atomic E-state index is 0.0788. The zero-order valence-electron chi connectivity index (χ0n) is 33.5. The molecular weight excluding hydrogens is 975 g/mol. The lowest BCUT2D eigenvalue weighted by Gasteiger charge is -2.26. The lowest BCUT2D eigenvalue weighted by molar-refractivity contribution is -0.140. The molecule has 0 spiro atoms. The number of amides is 2. The van der Waals surface area contributed by atoms with Gasteiger partial charge in [-0.15, -0.1) is 34.0 Å². The quantitative estimate of drug-likeness (QED) is 0.0988. The fourth-order valence-corrected chi connectivity index (χ4v) is 13.8. The molecule has 1 N–H and O–H groups in total. The standard InChI is InChI=1S/C47H31N3O5S9/c1-25-42(53)38(62-45(25)56)21-32-15-18-35(59-32)26-3-9-29(10-4-26)50(30-11-5-27(6-12-30)36-19-16-33(60-36)22-39-43(54)48(2)46(57)63-39)31-13-7-28(8-14-31)37-20-17-34(61-37)23-40-44(55)49(24-41(51)52)47(58)64-40/h3-23,25H,24H2,1-2H3,(H,51,52)/b38-21+,39-22-,40-23+. The third kappa shape index (κ3) is 9.18. The number of likely N-dealkylation sites (N-methyl/N-ethyl adjacent to an activating group) is 1. The number of Topliss-reactive ketones (excluding diaryl/α,β-unsaturated/α-hetero) is 1. The predicted octanol–water partition coefficient (Wildman–Crippen LogP) is 13.1. The molecule has 318 valence electrons. The predicted molar refractivity (Wildman–Crippen MR) is 282 cm³/mol. The van der Waals surface area contributed by atoms with Crippen molar-refractivity contribution in [3.63, 3.8) is 0 Å². The molecule has 0 radical (unpaired) electrons. The third-order valence-electron chi connectivity index (χ3n) is 10.3. The molecule has 17 heteroatoms. The van der Waals surface area contributed by atoms with Crippen LogP contribution in [0.25, 0.3) is 49.5 Å². The van der Waals surface area contributed by atoms with E-state index >= 15 is 0 Å². The number of carbonyl (C=O) groups is 4. The Kier molecular flexibility index (Phi) is 12.9. The van der Waals surface area contributed by atoms with Crippen LogP contribution >= 0.6 is 106 Å². The number of carboxylic acids is 1. The first kappa shape index (κ1) is 44.4.